The van der Waals surface area contributed by atoms with Crippen LogP contribution >= 0.6 is 0 Å². The number of benzene rings is 2. The molecule has 2 aromatic carbocycles. The van der Waals surface area contributed by atoms with Crippen molar-refractivity contribution in [2.45, 2.75) is 26.9 Å². The van der Waals surface area contributed by atoms with Crippen molar-refractivity contribution in [3.8, 4) is 23.3 Å². The third-order valence-electron chi connectivity index (χ3n) is 3.68. The van der Waals surface area contributed by atoms with Crippen molar-refractivity contribution in [1.29, 1.82) is 5.26 Å². The Hall–Kier alpha value is -3.46. The molecule has 0 bridgehead atoms. The van der Waals surface area contributed by atoms with E-state index < -0.39 is 5.91 Å². The lowest BCUT2D eigenvalue weighted by Crippen LogP contribution is -2.14. The standard InChI is InChI=1S/C22H24N2O4/c1-5-27-19-11-7-6-10-18(19)24-22(25)17(14-23)13-16-9-8-12-20(26-4)21(16)28-15(2)3/h6-13,15H,5H2,1-4H3,(H,24,25)/b17-13-. The van der Waals surface area contributed by atoms with Crippen LogP contribution in [0.15, 0.2) is 48.0 Å². The minimum absolute atomic E-state index is 0.0619. The molecule has 2 aromatic rings. The zero-order valence-electron chi connectivity index (χ0n) is 16.5. The summed E-state index contributed by atoms with van der Waals surface area (Å²) in [6, 6.07) is 14.3. The van der Waals surface area contributed by atoms with E-state index in [0.29, 0.717) is 35.1 Å². The van der Waals surface area contributed by atoms with Crippen LogP contribution in [-0.2, 0) is 4.79 Å². The van der Waals surface area contributed by atoms with Crippen molar-refractivity contribution in [3.63, 3.8) is 0 Å². The fraction of sp³-hybridized carbons (Fsp3) is 0.273. The van der Waals surface area contributed by atoms with Crippen LogP contribution in [0.4, 0.5) is 5.69 Å². The predicted octanol–water partition coefficient (Wildman–Crippen LogP) is 4.43. The quantitative estimate of drug-likeness (QED) is 0.541. The van der Waals surface area contributed by atoms with E-state index in [1.807, 2.05) is 32.9 Å². The molecule has 0 heterocycles. The number of anilines is 1. The lowest BCUT2D eigenvalue weighted by Gasteiger charge is -2.16. The second-order valence-corrected chi connectivity index (χ2v) is 6.10. The minimum atomic E-state index is -0.534. The highest BCUT2D eigenvalue weighted by molar-refractivity contribution is 6.10. The normalized spacial score (nSPS) is 10.9. The smallest absolute Gasteiger partial charge is 0.266 e. The number of rotatable bonds is 8. The Morgan fingerprint density at radius 3 is 2.54 bits per heavy atom. The first-order chi connectivity index (χ1) is 13.5. The topological polar surface area (TPSA) is 80.6 Å². The van der Waals surface area contributed by atoms with Gasteiger partial charge in [-0.15, -0.1) is 0 Å². The first-order valence-electron chi connectivity index (χ1n) is 8.98. The lowest BCUT2D eigenvalue weighted by molar-refractivity contribution is -0.112. The van der Waals surface area contributed by atoms with Gasteiger partial charge >= 0.3 is 0 Å². The lowest BCUT2D eigenvalue weighted by atomic mass is 10.1. The number of carbonyl (C=O) groups excluding carboxylic acids is 1. The molecule has 0 unspecified atom stereocenters. The van der Waals surface area contributed by atoms with Crippen molar-refractivity contribution in [1.82, 2.24) is 0 Å². The van der Waals surface area contributed by atoms with Gasteiger partial charge in [-0.3, -0.25) is 4.79 Å². The third kappa shape index (κ3) is 5.27. The Balaban J connectivity index is 2.37. The van der Waals surface area contributed by atoms with Gasteiger partial charge in [0.2, 0.25) is 0 Å². The van der Waals surface area contributed by atoms with Gasteiger partial charge in [0.05, 0.1) is 25.5 Å². The average Bonchev–Trinajstić information content (AvgIpc) is 2.68. The largest absolute Gasteiger partial charge is 0.493 e. The molecule has 0 radical (unpaired) electrons. The molecule has 0 saturated heterocycles. The molecule has 0 aliphatic rings. The van der Waals surface area contributed by atoms with E-state index in [2.05, 4.69) is 5.32 Å². The van der Waals surface area contributed by atoms with Crippen molar-refractivity contribution in [3.05, 3.63) is 53.6 Å². The van der Waals surface area contributed by atoms with Crippen LogP contribution in [-0.4, -0.2) is 25.7 Å². The maximum absolute atomic E-state index is 12.7. The molecule has 0 aromatic heterocycles. The fourth-order valence-electron chi connectivity index (χ4n) is 2.51. The maximum atomic E-state index is 12.7. The number of amides is 1. The zero-order chi connectivity index (χ0) is 20.5. The van der Waals surface area contributed by atoms with Crippen molar-refractivity contribution >= 4 is 17.7 Å². The molecule has 0 aliphatic carbocycles. The van der Waals surface area contributed by atoms with Gasteiger partial charge in [-0.2, -0.15) is 5.26 Å². The van der Waals surface area contributed by atoms with E-state index in [1.54, 1.807) is 43.5 Å². The van der Waals surface area contributed by atoms with Gasteiger partial charge in [-0.25, -0.2) is 0 Å². The summed E-state index contributed by atoms with van der Waals surface area (Å²) in [7, 11) is 1.54. The van der Waals surface area contributed by atoms with Gasteiger partial charge < -0.3 is 19.5 Å². The molecule has 0 spiro atoms. The Morgan fingerprint density at radius 1 is 1.18 bits per heavy atom. The van der Waals surface area contributed by atoms with Gasteiger partial charge in [-0.1, -0.05) is 24.3 Å². The molecule has 1 N–H and O–H groups in total. The van der Waals surface area contributed by atoms with Crippen molar-refractivity contribution in [2.24, 2.45) is 0 Å². The summed E-state index contributed by atoms with van der Waals surface area (Å²) in [6.45, 7) is 6.11. The van der Waals surface area contributed by atoms with Crippen LogP contribution in [0.5, 0.6) is 17.2 Å². The summed E-state index contributed by atoms with van der Waals surface area (Å²) in [5, 5.41) is 12.3. The molecule has 146 valence electrons. The first kappa shape index (κ1) is 20.8. The maximum Gasteiger partial charge on any atom is 0.266 e. The highest BCUT2D eigenvalue weighted by Crippen LogP contribution is 2.33. The number of nitrogens with zero attached hydrogens (tertiary/aromatic N) is 1. The summed E-state index contributed by atoms with van der Waals surface area (Å²) >= 11 is 0. The van der Waals surface area contributed by atoms with E-state index in [9.17, 15) is 10.1 Å². The van der Waals surface area contributed by atoms with Crippen LogP contribution in [0.3, 0.4) is 0 Å². The number of hydrogen-bond acceptors (Lipinski definition) is 5. The second kappa shape index (κ2) is 10.0. The Bertz CT molecular complexity index is 898. The molecular weight excluding hydrogens is 356 g/mol. The van der Waals surface area contributed by atoms with Crippen molar-refractivity contribution in [2.75, 3.05) is 19.0 Å². The number of ether oxygens (including phenoxy) is 3. The monoisotopic (exact) mass is 380 g/mol. The number of hydrogen-bond donors (Lipinski definition) is 1. The van der Waals surface area contributed by atoms with Crippen molar-refractivity contribution < 1.29 is 19.0 Å². The van der Waals surface area contributed by atoms with Gasteiger partial charge in [0.15, 0.2) is 11.5 Å². The van der Waals surface area contributed by atoms with Gasteiger partial charge in [-0.05, 0) is 45.0 Å². The van der Waals surface area contributed by atoms with E-state index in [0.717, 1.165) is 0 Å². The van der Waals surface area contributed by atoms with Gasteiger partial charge in [0.25, 0.3) is 5.91 Å². The summed E-state index contributed by atoms with van der Waals surface area (Å²) in [5.41, 5.74) is 1.02. The SMILES string of the molecule is CCOc1ccccc1NC(=O)/C(C#N)=C\c1cccc(OC)c1OC(C)C. The van der Waals surface area contributed by atoms with E-state index in [4.69, 9.17) is 14.2 Å². The third-order valence-corrected chi connectivity index (χ3v) is 3.68. The zero-order valence-corrected chi connectivity index (χ0v) is 16.5. The van der Waals surface area contributed by atoms with Crippen LogP contribution < -0.4 is 19.5 Å². The number of carbonyl (C=O) groups is 1. The van der Waals surface area contributed by atoms with Gasteiger partial charge in [0, 0.05) is 5.56 Å². The van der Waals surface area contributed by atoms with Crippen LogP contribution in [0, 0.1) is 11.3 Å². The van der Waals surface area contributed by atoms with Crippen LogP contribution in [0.2, 0.25) is 0 Å². The highest BCUT2D eigenvalue weighted by atomic mass is 16.5. The van der Waals surface area contributed by atoms with Crippen LogP contribution in [0.25, 0.3) is 6.08 Å². The Morgan fingerprint density at radius 2 is 1.89 bits per heavy atom. The number of methoxy groups -OCH3 is 1. The second-order valence-electron chi connectivity index (χ2n) is 6.10. The molecular formula is C22H24N2O4. The molecule has 2 rings (SSSR count). The molecule has 28 heavy (non-hydrogen) atoms. The van der Waals surface area contributed by atoms with Crippen LogP contribution in [0.1, 0.15) is 26.3 Å². The molecule has 0 atom stereocenters. The summed E-state index contributed by atoms with van der Waals surface area (Å²) < 4.78 is 16.7. The average molecular weight is 380 g/mol. The molecule has 6 heteroatoms. The summed E-state index contributed by atoms with van der Waals surface area (Å²) in [4.78, 5) is 12.7. The molecule has 6 nitrogen and oxygen atoms in total. The number of nitriles is 1. The minimum Gasteiger partial charge on any atom is -0.493 e. The molecule has 0 saturated carbocycles. The Labute approximate surface area is 165 Å². The number of nitrogens with one attached hydrogen (secondary N) is 1. The van der Waals surface area contributed by atoms with E-state index >= 15 is 0 Å². The van der Waals surface area contributed by atoms with E-state index in [1.165, 1.54) is 6.08 Å². The molecule has 0 aliphatic heterocycles. The number of para-hydroxylation sites is 3. The predicted molar refractivity (Wildman–Crippen MR) is 109 cm³/mol. The Kier molecular flexibility index (Phi) is 7.46. The summed E-state index contributed by atoms with van der Waals surface area (Å²) in [5.74, 6) is 1.02. The molecule has 0 fully saturated rings. The van der Waals surface area contributed by atoms with Gasteiger partial charge in [0.1, 0.15) is 17.4 Å². The molecule has 1 amide bonds. The highest BCUT2D eigenvalue weighted by Gasteiger charge is 2.16. The van der Waals surface area contributed by atoms with E-state index in [-0.39, 0.29) is 11.7 Å². The summed E-state index contributed by atoms with van der Waals surface area (Å²) in [6.07, 6.45) is 1.39. The first-order valence-corrected chi connectivity index (χ1v) is 8.98. The fourth-order valence-corrected chi connectivity index (χ4v) is 2.51.